The molecular weight excluding hydrogens is 292 g/mol. The number of carbonyl (C=O) groups is 1. The molecule has 1 aliphatic rings. The molecule has 0 unspecified atom stereocenters. The predicted molar refractivity (Wildman–Crippen MR) is 86.1 cm³/mol. The van der Waals surface area contributed by atoms with Gasteiger partial charge in [-0.1, -0.05) is 12.1 Å². The highest BCUT2D eigenvalue weighted by molar-refractivity contribution is 5.94. The van der Waals surface area contributed by atoms with Gasteiger partial charge in [-0.15, -0.1) is 0 Å². The van der Waals surface area contributed by atoms with Crippen molar-refractivity contribution < 1.29 is 14.3 Å². The van der Waals surface area contributed by atoms with Gasteiger partial charge in [0.25, 0.3) is 0 Å². The second-order valence-corrected chi connectivity index (χ2v) is 5.34. The summed E-state index contributed by atoms with van der Waals surface area (Å²) in [5, 5.41) is 9.06. The van der Waals surface area contributed by atoms with Crippen LogP contribution >= 0.6 is 0 Å². The Hall–Kier alpha value is -2.58. The highest BCUT2D eigenvalue weighted by Gasteiger charge is 2.18. The molecule has 5 nitrogen and oxygen atoms in total. The summed E-state index contributed by atoms with van der Waals surface area (Å²) in [6.07, 6.45) is 6.89. The number of aromatic nitrogens is 1. The van der Waals surface area contributed by atoms with Gasteiger partial charge < -0.3 is 13.9 Å². The van der Waals surface area contributed by atoms with Crippen molar-refractivity contribution in [3.63, 3.8) is 0 Å². The Kier molecular flexibility index (Phi) is 4.45. The molecule has 0 N–H and O–H groups in total. The molecule has 3 heterocycles. The van der Waals surface area contributed by atoms with Gasteiger partial charge in [0.05, 0.1) is 43.4 Å². The zero-order chi connectivity index (χ0) is 16.2. The van der Waals surface area contributed by atoms with Crippen molar-refractivity contribution in [3.8, 4) is 6.07 Å². The number of hydrogen-bond acceptors (Lipinski definition) is 4. The smallest absolute Gasteiger partial charge is 0.340 e. The minimum absolute atomic E-state index is 0.181. The molecule has 0 radical (unpaired) electrons. The molecule has 0 saturated heterocycles. The van der Waals surface area contributed by atoms with Crippen LogP contribution < -0.4 is 0 Å². The molecule has 23 heavy (non-hydrogen) atoms. The molecule has 0 bridgehead atoms. The summed E-state index contributed by atoms with van der Waals surface area (Å²) in [4.78, 5) is 12.1. The fraction of sp³-hybridized carbons (Fsp3) is 0.333. The first-order valence-corrected chi connectivity index (χ1v) is 7.69. The van der Waals surface area contributed by atoms with E-state index in [1.54, 1.807) is 13.1 Å². The highest BCUT2D eigenvalue weighted by Crippen LogP contribution is 2.26. The Morgan fingerprint density at radius 1 is 1.43 bits per heavy atom. The highest BCUT2D eigenvalue weighted by atomic mass is 16.5. The number of nitrogens with zero attached hydrogens (tertiary/aromatic N) is 2. The Balaban J connectivity index is 2.07. The summed E-state index contributed by atoms with van der Waals surface area (Å²) in [6, 6.07) is 6.12. The van der Waals surface area contributed by atoms with E-state index in [0.29, 0.717) is 18.8 Å². The van der Waals surface area contributed by atoms with E-state index in [-0.39, 0.29) is 12.4 Å². The van der Waals surface area contributed by atoms with Crippen molar-refractivity contribution in [2.75, 3.05) is 19.8 Å². The van der Waals surface area contributed by atoms with E-state index in [2.05, 4.69) is 12.1 Å². The lowest BCUT2D eigenvalue weighted by Gasteiger charge is -2.14. The van der Waals surface area contributed by atoms with Gasteiger partial charge in [-0.2, -0.15) is 5.26 Å². The molecule has 0 atom stereocenters. The number of nitriles is 1. The van der Waals surface area contributed by atoms with Crippen LogP contribution in [0.25, 0.3) is 11.1 Å². The average molecular weight is 310 g/mol. The molecule has 5 heteroatoms. The first kappa shape index (κ1) is 15.3. The second-order valence-electron chi connectivity index (χ2n) is 5.34. The van der Waals surface area contributed by atoms with E-state index in [1.165, 1.54) is 5.57 Å². The fourth-order valence-electron chi connectivity index (χ4n) is 2.86. The lowest BCUT2D eigenvalue weighted by molar-refractivity contribution is 0.0525. The van der Waals surface area contributed by atoms with Crippen LogP contribution in [0.2, 0.25) is 0 Å². The minimum Gasteiger partial charge on any atom is -0.462 e. The molecule has 0 fully saturated rings. The van der Waals surface area contributed by atoms with E-state index in [0.717, 1.165) is 29.7 Å². The molecule has 0 aliphatic carbocycles. The number of carbonyl (C=O) groups excluding carboxylic acids is 1. The average Bonchev–Trinajstić information content (AvgIpc) is 2.94. The first-order chi connectivity index (χ1) is 11.2. The Bertz CT molecular complexity index is 812. The van der Waals surface area contributed by atoms with Gasteiger partial charge in [0.1, 0.15) is 0 Å². The Morgan fingerprint density at radius 3 is 3.00 bits per heavy atom. The number of fused-ring (bicyclic) bond motifs is 1. The molecule has 0 spiro atoms. The maximum Gasteiger partial charge on any atom is 0.340 e. The van der Waals surface area contributed by atoms with Gasteiger partial charge in [-0.3, -0.25) is 0 Å². The third-order valence-electron chi connectivity index (χ3n) is 3.96. The zero-order valence-corrected chi connectivity index (χ0v) is 13.0. The van der Waals surface area contributed by atoms with Gasteiger partial charge >= 0.3 is 5.97 Å². The lowest BCUT2D eigenvalue weighted by Crippen LogP contribution is -2.05. The second kappa shape index (κ2) is 6.67. The van der Waals surface area contributed by atoms with Crippen molar-refractivity contribution in [3.05, 3.63) is 47.3 Å². The summed E-state index contributed by atoms with van der Waals surface area (Å²) < 4.78 is 12.4. The van der Waals surface area contributed by atoms with Crippen LogP contribution in [0.3, 0.4) is 0 Å². The van der Waals surface area contributed by atoms with Crippen LogP contribution in [0.5, 0.6) is 0 Å². The molecule has 0 aromatic carbocycles. The van der Waals surface area contributed by atoms with Gasteiger partial charge in [0.2, 0.25) is 0 Å². The fourth-order valence-corrected chi connectivity index (χ4v) is 2.86. The largest absolute Gasteiger partial charge is 0.462 e. The van der Waals surface area contributed by atoms with Crippen molar-refractivity contribution >= 4 is 17.1 Å². The number of pyridine rings is 1. The quantitative estimate of drug-likeness (QED) is 0.814. The summed E-state index contributed by atoms with van der Waals surface area (Å²) in [5.41, 5.74) is 4.40. The molecule has 2 aromatic rings. The summed E-state index contributed by atoms with van der Waals surface area (Å²) in [6.45, 7) is 3.44. The lowest BCUT2D eigenvalue weighted by atomic mass is 10.0. The zero-order valence-electron chi connectivity index (χ0n) is 13.0. The number of esters is 1. The maximum absolute atomic E-state index is 12.1. The molecule has 1 aliphatic heterocycles. The topological polar surface area (TPSA) is 63.7 Å². The number of ether oxygens (including phenoxy) is 2. The van der Waals surface area contributed by atoms with Crippen LogP contribution in [0.1, 0.15) is 34.8 Å². The summed E-state index contributed by atoms with van der Waals surface area (Å²) >= 11 is 0. The first-order valence-electron chi connectivity index (χ1n) is 7.69. The maximum atomic E-state index is 12.1. The molecule has 118 valence electrons. The van der Waals surface area contributed by atoms with Crippen molar-refractivity contribution in [2.24, 2.45) is 0 Å². The van der Waals surface area contributed by atoms with Crippen LogP contribution in [-0.2, 0) is 15.9 Å². The van der Waals surface area contributed by atoms with Crippen molar-refractivity contribution in [2.45, 2.75) is 19.8 Å². The van der Waals surface area contributed by atoms with Gasteiger partial charge in [-0.05, 0) is 30.5 Å². The van der Waals surface area contributed by atoms with E-state index in [9.17, 15) is 4.79 Å². The minimum atomic E-state index is -0.381. The molecule has 3 rings (SSSR count). The van der Waals surface area contributed by atoms with Gasteiger partial charge in [-0.25, -0.2) is 4.79 Å². The molecular formula is C18H18N2O3. The number of hydrogen-bond donors (Lipinski definition) is 0. The van der Waals surface area contributed by atoms with Crippen molar-refractivity contribution in [1.29, 1.82) is 5.26 Å². The molecule has 2 aromatic heterocycles. The van der Waals surface area contributed by atoms with E-state index in [4.69, 9.17) is 14.7 Å². The van der Waals surface area contributed by atoms with Crippen LogP contribution in [-0.4, -0.2) is 30.2 Å². The predicted octanol–water partition coefficient (Wildman–Crippen LogP) is 2.99. The van der Waals surface area contributed by atoms with Crippen molar-refractivity contribution in [1.82, 2.24) is 4.40 Å². The SMILES string of the molecule is CCOC(=O)c1cn2cc(C3=CCOCC3)ccc2c1CC#N. The van der Waals surface area contributed by atoms with Gasteiger partial charge in [0.15, 0.2) is 0 Å². The number of rotatable bonds is 4. The molecule has 0 saturated carbocycles. The Labute approximate surface area is 134 Å². The third kappa shape index (κ3) is 2.99. The van der Waals surface area contributed by atoms with E-state index < -0.39 is 0 Å². The summed E-state index contributed by atoms with van der Waals surface area (Å²) in [7, 11) is 0. The van der Waals surface area contributed by atoms with E-state index >= 15 is 0 Å². The summed E-state index contributed by atoms with van der Waals surface area (Å²) in [5.74, 6) is -0.381. The van der Waals surface area contributed by atoms with Gasteiger partial charge in [0, 0.05) is 18.0 Å². The third-order valence-corrected chi connectivity index (χ3v) is 3.96. The molecule has 0 amide bonds. The van der Waals surface area contributed by atoms with Crippen LogP contribution in [0, 0.1) is 11.3 Å². The Morgan fingerprint density at radius 2 is 2.30 bits per heavy atom. The van der Waals surface area contributed by atoms with Crippen LogP contribution in [0.4, 0.5) is 0 Å². The van der Waals surface area contributed by atoms with Crippen LogP contribution in [0.15, 0.2) is 30.6 Å². The van der Waals surface area contributed by atoms with E-state index in [1.807, 2.05) is 22.7 Å². The standard InChI is InChI=1S/C18H18N2O3/c1-2-23-18(21)16-12-20-11-14(13-6-9-22-10-7-13)3-4-17(20)15(16)5-8-19/h3-4,6,11-12H,2,5,7,9-10H2,1H3. The monoisotopic (exact) mass is 310 g/mol. The normalized spacial score (nSPS) is 14.3.